The van der Waals surface area contributed by atoms with E-state index in [9.17, 15) is 14.0 Å². The second kappa shape index (κ2) is 8.94. The highest BCUT2D eigenvalue weighted by Gasteiger charge is 2.12. The van der Waals surface area contributed by atoms with Crippen molar-refractivity contribution in [3.63, 3.8) is 0 Å². The molecule has 6 heteroatoms. The van der Waals surface area contributed by atoms with Crippen LogP contribution in [0.25, 0.3) is 0 Å². The highest BCUT2D eigenvalue weighted by atomic mass is 19.1. The van der Waals surface area contributed by atoms with Crippen LogP contribution in [0.5, 0.6) is 5.75 Å². The zero-order chi connectivity index (χ0) is 15.7. The van der Waals surface area contributed by atoms with E-state index in [1.54, 1.807) is 6.92 Å². The first-order valence-electron chi connectivity index (χ1n) is 6.86. The molecule has 0 aliphatic rings. The van der Waals surface area contributed by atoms with Gasteiger partial charge in [0.25, 0.3) is 0 Å². The van der Waals surface area contributed by atoms with Gasteiger partial charge in [0, 0.05) is 6.42 Å². The Hall–Kier alpha value is -2.11. The summed E-state index contributed by atoms with van der Waals surface area (Å²) in [6.45, 7) is 2.45. The molecule has 0 unspecified atom stereocenters. The molecule has 5 nitrogen and oxygen atoms in total. The van der Waals surface area contributed by atoms with E-state index in [-0.39, 0.29) is 17.3 Å². The van der Waals surface area contributed by atoms with Gasteiger partial charge in [-0.3, -0.25) is 4.79 Å². The highest BCUT2D eigenvalue weighted by molar-refractivity contribution is 5.90. The molecule has 0 atom stereocenters. The van der Waals surface area contributed by atoms with Crippen LogP contribution in [0.3, 0.4) is 0 Å². The first-order valence-corrected chi connectivity index (χ1v) is 6.86. The summed E-state index contributed by atoms with van der Waals surface area (Å²) in [5, 5.41) is 8.94. The molecule has 116 valence electrons. The van der Waals surface area contributed by atoms with Crippen LogP contribution in [-0.4, -0.2) is 30.3 Å². The van der Waals surface area contributed by atoms with Gasteiger partial charge in [-0.15, -0.1) is 0 Å². The summed E-state index contributed by atoms with van der Waals surface area (Å²) >= 11 is 0. The van der Waals surface area contributed by atoms with Crippen LogP contribution in [0.2, 0.25) is 0 Å². The van der Waals surface area contributed by atoms with Crippen LogP contribution in [-0.2, 0) is 9.53 Å². The lowest BCUT2D eigenvalue weighted by atomic mass is 10.2. The minimum Gasteiger partial charge on any atom is -0.493 e. The van der Waals surface area contributed by atoms with Crippen molar-refractivity contribution in [2.75, 3.05) is 13.2 Å². The standard InChI is InChI=1S/C15H19FO5/c1-2-20-14(17)6-4-3-5-9-21-13-8-7-11(16)10-12(13)15(18)19/h7-8,10H,2-6,9H2,1H3,(H,18,19). The van der Waals surface area contributed by atoms with Gasteiger partial charge in [-0.2, -0.15) is 0 Å². The van der Waals surface area contributed by atoms with Crippen molar-refractivity contribution in [3.05, 3.63) is 29.6 Å². The molecule has 1 aromatic rings. The van der Waals surface area contributed by atoms with Gasteiger partial charge in [0.05, 0.1) is 13.2 Å². The Bertz CT molecular complexity index is 487. The zero-order valence-corrected chi connectivity index (χ0v) is 11.9. The molecule has 0 aliphatic heterocycles. The lowest BCUT2D eigenvalue weighted by Crippen LogP contribution is -2.06. The molecular weight excluding hydrogens is 279 g/mol. The maximum atomic E-state index is 13.0. The molecule has 1 aromatic carbocycles. The number of ether oxygens (including phenoxy) is 2. The second-order valence-corrected chi connectivity index (χ2v) is 4.41. The van der Waals surface area contributed by atoms with E-state index in [0.29, 0.717) is 32.5 Å². The number of unbranched alkanes of at least 4 members (excludes halogenated alkanes) is 2. The molecular formula is C15H19FO5. The van der Waals surface area contributed by atoms with E-state index in [0.717, 1.165) is 18.6 Å². The minimum absolute atomic E-state index is 0.147. The fourth-order valence-electron chi connectivity index (χ4n) is 1.76. The van der Waals surface area contributed by atoms with E-state index in [1.807, 2.05) is 0 Å². The number of rotatable bonds is 9. The topological polar surface area (TPSA) is 72.8 Å². The van der Waals surface area contributed by atoms with Crippen LogP contribution in [0, 0.1) is 5.82 Å². The van der Waals surface area contributed by atoms with Crippen molar-refractivity contribution < 1.29 is 28.6 Å². The summed E-state index contributed by atoms with van der Waals surface area (Å²) in [4.78, 5) is 22.0. The van der Waals surface area contributed by atoms with Gasteiger partial charge in [-0.25, -0.2) is 9.18 Å². The van der Waals surface area contributed by atoms with E-state index in [2.05, 4.69) is 0 Å². The first kappa shape index (κ1) is 16.9. The van der Waals surface area contributed by atoms with Crippen molar-refractivity contribution in [2.24, 2.45) is 0 Å². The van der Waals surface area contributed by atoms with Gasteiger partial charge in [-0.05, 0) is 44.4 Å². The van der Waals surface area contributed by atoms with E-state index >= 15 is 0 Å². The van der Waals surface area contributed by atoms with Gasteiger partial charge in [0.1, 0.15) is 17.1 Å². The molecule has 0 radical (unpaired) electrons. The van der Waals surface area contributed by atoms with Crippen molar-refractivity contribution in [2.45, 2.75) is 32.6 Å². The maximum absolute atomic E-state index is 13.0. The van der Waals surface area contributed by atoms with Gasteiger partial charge >= 0.3 is 11.9 Å². The Morgan fingerprint density at radius 3 is 2.67 bits per heavy atom. The molecule has 0 fully saturated rings. The van der Waals surface area contributed by atoms with Gasteiger partial charge in [0.2, 0.25) is 0 Å². The molecule has 1 N–H and O–H groups in total. The van der Waals surface area contributed by atoms with Gasteiger partial charge in [0.15, 0.2) is 0 Å². The molecule has 0 heterocycles. The van der Waals surface area contributed by atoms with Crippen LogP contribution in [0.4, 0.5) is 4.39 Å². The Balaban J connectivity index is 2.30. The predicted octanol–water partition coefficient (Wildman–Crippen LogP) is 3.03. The van der Waals surface area contributed by atoms with Crippen LogP contribution >= 0.6 is 0 Å². The lowest BCUT2D eigenvalue weighted by Gasteiger charge is -2.09. The lowest BCUT2D eigenvalue weighted by molar-refractivity contribution is -0.143. The SMILES string of the molecule is CCOC(=O)CCCCCOc1ccc(F)cc1C(=O)O. The molecule has 0 aliphatic carbocycles. The Kier molecular flexibility index (Phi) is 7.21. The molecule has 0 amide bonds. The average Bonchev–Trinajstić information content (AvgIpc) is 2.44. The van der Waals surface area contributed by atoms with Crippen LogP contribution in [0.1, 0.15) is 43.0 Å². The monoisotopic (exact) mass is 298 g/mol. The molecule has 0 saturated carbocycles. The van der Waals surface area contributed by atoms with E-state index < -0.39 is 11.8 Å². The molecule has 0 spiro atoms. The van der Waals surface area contributed by atoms with Gasteiger partial charge < -0.3 is 14.6 Å². The number of benzene rings is 1. The summed E-state index contributed by atoms with van der Waals surface area (Å²) < 4.78 is 23.1. The quantitative estimate of drug-likeness (QED) is 0.560. The average molecular weight is 298 g/mol. The fraction of sp³-hybridized carbons (Fsp3) is 0.467. The van der Waals surface area contributed by atoms with E-state index in [1.165, 1.54) is 6.07 Å². The largest absolute Gasteiger partial charge is 0.493 e. The highest BCUT2D eigenvalue weighted by Crippen LogP contribution is 2.20. The Morgan fingerprint density at radius 1 is 1.24 bits per heavy atom. The third-order valence-corrected chi connectivity index (χ3v) is 2.76. The van der Waals surface area contributed by atoms with Crippen LogP contribution in [0.15, 0.2) is 18.2 Å². The number of carboxylic acid groups (broad SMARTS) is 1. The number of esters is 1. The fourth-order valence-corrected chi connectivity index (χ4v) is 1.76. The summed E-state index contributed by atoms with van der Waals surface area (Å²) in [6, 6.07) is 3.39. The number of aromatic carboxylic acids is 1. The first-order chi connectivity index (χ1) is 10.0. The molecule has 0 bridgehead atoms. The number of carbonyl (C=O) groups is 2. The Morgan fingerprint density at radius 2 is 2.00 bits per heavy atom. The van der Waals surface area contributed by atoms with Gasteiger partial charge in [-0.1, -0.05) is 0 Å². The third-order valence-electron chi connectivity index (χ3n) is 2.76. The van der Waals surface area contributed by atoms with Crippen molar-refractivity contribution in [1.82, 2.24) is 0 Å². The summed E-state index contributed by atoms with van der Waals surface area (Å²) in [7, 11) is 0. The zero-order valence-electron chi connectivity index (χ0n) is 11.9. The number of hydrogen-bond donors (Lipinski definition) is 1. The third kappa shape index (κ3) is 6.25. The summed E-state index contributed by atoms with van der Waals surface area (Å²) in [5.41, 5.74) is -0.193. The van der Waals surface area contributed by atoms with Crippen molar-refractivity contribution in [1.29, 1.82) is 0 Å². The predicted molar refractivity (Wildman–Crippen MR) is 74.0 cm³/mol. The summed E-state index contributed by atoms with van der Waals surface area (Å²) in [6.07, 6.45) is 2.50. The van der Waals surface area contributed by atoms with Crippen molar-refractivity contribution in [3.8, 4) is 5.75 Å². The smallest absolute Gasteiger partial charge is 0.339 e. The van der Waals surface area contributed by atoms with E-state index in [4.69, 9.17) is 14.6 Å². The summed E-state index contributed by atoms with van der Waals surface area (Å²) in [5.74, 6) is -1.92. The molecule has 0 aromatic heterocycles. The number of hydrogen-bond acceptors (Lipinski definition) is 4. The second-order valence-electron chi connectivity index (χ2n) is 4.41. The molecule has 0 saturated heterocycles. The number of halogens is 1. The Labute approximate surface area is 122 Å². The van der Waals surface area contributed by atoms with Crippen LogP contribution < -0.4 is 4.74 Å². The number of carboxylic acids is 1. The maximum Gasteiger partial charge on any atom is 0.339 e. The van der Waals surface area contributed by atoms with Crippen molar-refractivity contribution >= 4 is 11.9 Å². The molecule has 1 rings (SSSR count). The number of carbonyl (C=O) groups excluding carboxylic acids is 1. The normalized spacial score (nSPS) is 10.2. The molecule has 21 heavy (non-hydrogen) atoms. The minimum atomic E-state index is -1.23.